The Morgan fingerprint density at radius 2 is 1.69 bits per heavy atom. The second kappa shape index (κ2) is 8.56. The molecule has 6 rings (SSSR count). The van der Waals surface area contributed by atoms with Crippen molar-refractivity contribution in [2.24, 2.45) is 17.8 Å². The van der Waals surface area contributed by atoms with Crippen LogP contribution in [0.5, 0.6) is 5.75 Å². The monoisotopic (exact) mass is 437 g/mol. The van der Waals surface area contributed by atoms with Gasteiger partial charge >= 0.3 is 5.69 Å². The Morgan fingerprint density at radius 3 is 2.28 bits per heavy atom. The van der Waals surface area contributed by atoms with Crippen LogP contribution >= 0.6 is 0 Å². The minimum absolute atomic E-state index is 0.0669. The van der Waals surface area contributed by atoms with Crippen LogP contribution in [0.15, 0.2) is 30.6 Å². The summed E-state index contributed by atoms with van der Waals surface area (Å²) in [6.45, 7) is 2.80. The highest BCUT2D eigenvalue weighted by atomic mass is 16.6. The number of anilines is 3. The highest BCUT2D eigenvalue weighted by molar-refractivity contribution is 5.74. The summed E-state index contributed by atoms with van der Waals surface area (Å²) in [6, 6.07) is 7.41. The van der Waals surface area contributed by atoms with E-state index in [0.717, 1.165) is 61.3 Å². The van der Waals surface area contributed by atoms with Crippen molar-refractivity contribution in [3.8, 4) is 5.75 Å². The molecule has 0 atom stereocenters. The third-order valence-electron chi connectivity index (χ3n) is 7.31. The molecule has 1 aromatic carbocycles. The van der Waals surface area contributed by atoms with Crippen LogP contribution in [-0.2, 0) is 0 Å². The van der Waals surface area contributed by atoms with Crippen LogP contribution in [0.1, 0.15) is 58.3 Å². The third kappa shape index (κ3) is 4.23. The standard InChI is InChI=1S/C24H31N5O3/c1-2-3-8-32-20-6-4-19(5-7-20)27-22-21(29(30)31)23(26-15-25-22)28-24-12-16-9-17(13-24)11-18(10-16)14-24/h4-7,15-18H,2-3,8-14H2,1H3,(H2,25,26,27,28). The Kier molecular flexibility index (Phi) is 5.61. The fourth-order valence-corrected chi connectivity index (χ4v) is 6.36. The summed E-state index contributed by atoms with van der Waals surface area (Å²) in [5, 5.41) is 18.7. The van der Waals surface area contributed by atoms with E-state index in [1.54, 1.807) is 0 Å². The Bertz CT molecular complexity index is 943. The van der Waals surface area contributed by atoms with Gasteiger partial charge < -0.3 is 15.4 Å². The van der Waals surface area contributed by atoms with E-state index in [1.807, 2.05) is 24.3 Å². The van der Waals surface area contributed by atoms with Gasteiger partial charge in [-0.3, -0.25) is 10.1 Å². The maximum atomic E-state index is 12.0. The number of hydrogen-bond acceptors (Lipinski definition) is 7. The molecule has 4 aliphatic rings. The number of aromatic nitrogens is 2. The number of nitro groups is 1. The summed E-state index contributed by atoms with van der Waals surface area (Å²) in [5.74, 6) is 3.54. The van der Waals surface area contributed by atoms with E-state index >= 15 is 0 Å². The predicted octanol–water partition coefficient (Wildman–Crippen LogP) is 5.69. The first-order valence-electron chi connectivity index (χ1n) is 11.8. The fraction of sp³-hybridized carbons (Fsp3) is 0.583. The van der Waals surface area contributed by atoms with E-state index in [9.17, 15) is 10.1 Å². The van der Waals surface area contributed by atoms with Crippen LogP contribution in [0.3, 0.4) is 0 Å². The zero-order valence-electron chi connectivity index (χ0n) is 18.5. The minimum atomic E-state index is -0.382. The normalized spacial score (nSPS) is 27.8. The first kappa shape index (κ1) is 21.0. The Balaban J connectivity index is 1.35. The SMILES string of the molecule is CCCCOc1ccc(Nc2ncnc(NC34CC5CC(CC(C5)C3)C4)c2[N+](=O)[O-])cc1. The maximum absolute atomic E-state index is 12.0. The quantitative estimate of drug-likeness (QED) is 0.295. The number of unbranched alkanes of at least 4 members (excludes halogenated alkanes) is 1. The van der Waals surface area contributed by atoms with Gasteiger partial charge in [-0.2, -0.15) is 0 Å². The molecule has 0 saturated heterocycles. The van der Waals surface area contributed by atoms with Gasteiger partial charge in [-0.1, -0.05) is 13.3 Å². The van der Waals surface area contributed by atoms with Gasteiger partial charge in [0.1, 0.15) is 12.1 Å². The molecule has 0 aliphatic heterocycles. The number of nitrogens with zero attached hydrogens (tertiary/aromatic N) is 3. The van der Waals surface area contributed by atoms with E-state index in [2.05, 4.69) is 27.5 Å². The number of ether oxygens (including phenoxy) is 1. The van der Waals surface area contributed by atoms with E-state index in [4.69, 9.17) is 4.74 Å². The number of hydrogen-bond donors (Lipinski definition) is 2. The topological polar surface area (TPSA) is 102 Å². The van der Waals surface area contributed by atoms with E-state index < -0.39 is 0 Å². The lowest BCUT2D eigenvalue weighted by molar-refractivity contribution is -0.383. The van der Waals surface area contributed by atoms with Gasteiger partial charge in [-0.15, -0.1) is 0 Å². The zero-order chi connectivity index (χ0) is 22.1. The summed E-state index contributed by atoms with van der Waals surface area (Å²) < 4.78 is 5.70. The van der Waals surface area contributed by atoms with Crippen molar-refractivity contribution >= 4 is 23.0 Å². The Labute approximate surface area is 188 Å². The molecule has 4 fully saturated rings. The average Bonchev–Trinajstić information content (AvgIpc) is 2.74. The van der Waals surface area contributed by atoms with E-state index in [1.165, 1.54) is 25.6 Å². The molecule has 32 heavy (non-hydrogen) atoms. The molecule has 1 aromatic heterocycles. The summed E-state index contributed by atoms with van der Waals surface area (Å²) in [7, 11) is 0. The van der Waals surface area contributed by atoms with Crippen LogP contribution < -0.4 is 15.4 Å². The summed E-state index contributed by atoms with van der Waals surface area (Å²) >= 11 is 0. The van der Waals surface area contributed by atoms with Crippen LogP contribution in [0.25, 0.3) is 0 Å². The molecule has 1 heterocycles. The molecule has 0 unspecified atom stereocenters. The lowest BCUT2D eigenvalue weighted by atomic mass is 9.53. The lowest BCUT2D eigenvalue weighted by Crippen LogP contribution is -2.55. The molecule has 170 valence electrons. The van der Waals surface area contributed by atoms with Crippen LogP contribution in [-0.4, -0.2) is 27.0 Å². The van der Waals surface area contributed by atoms with Crippen molar-refractivity contribution in [2.75, 3.05) is 17.2 Å². The number of nitrogens with one attached hydrogen (secondary N) is 2. The highest BCUT2D eigenvalue weighted by Gasteiger charge is 2.51. The second-order valence-corrected chi connectivity index (χ2v) is 9.85. The second-order valence-electron chi connectivity index (χ2n) is 9.85. The lowest BCUT2D eigenvalue weighted by Gasteiger charge is -2.57. The van der Waals surface area contributed by atoms with Crippen molar-refractivity contribution in [1.29, 1.82) is 0 Å². The van der Waals surface area contributed by atoms with Crippen LogP contribution in [0.4, 0.5) is 23.0 Å². The Morgan fingerprint density at radius 1 is 1.06 bits per heavy atom. The molecule has 4 aliphatic carbocycles. The van der Waals surface area contributed by atoms with Crippen molar-refractivity contribution in [3.05, 3.63) is 40.7 Å². The molecule has 0 radical (unpaired) electrons. The summed E-state index contributed by atoms with van der Waals surface area (Å²) in [6.07, 6.45) is 10.7. The van der Waals surface area contributed by atoms with Gasteiger partial charge in [-0.05, 0) is 87.0 Å². The first-order valence-corrected chi connectivity index (χ1v) is 11.8. The van der Waals surface area contributed by atoms with Crippen molar-refractivity contribution in [1.82, 2.24) is 9.97 Å². The largest absolute Gasteiger partial charge is 0.494 e. The molecule has 4 bridgehead atoms. The highest BCUT2D eigenvalue weighted by Crippen LogP contribution is 2.57. The molecule has 8 heteroatoms. The average molecular weight is 438 g/mol. The molecule has 4 saturated carbocycles. The van der Waals surface area contributed by atoms with Gasteiger partial charge in [0.15, 0.2) is 0 Å². The zero-order valence-corrected chi connectivity index (χ0v) is 18.5. The molecule has 0 spiro atoms. The molecule has 0 amide bonds. The van der Waals surface area contributed by atoms with Crippen LogP contribution in [0, 0.1) is 27.9 Å². The molecular formula is C24H31N5O3. The van der Waals surface area contributed by atoms with E-state index in [0.29, 0.717) is 12.4 Å². The Hall–Kier alpha value is -2.90. The summed E-state index contributed by atoms with van der Waals surface area (Å²) in [4.78, 5) is 20.2. The fourth-order valence-electron chi connectivity index (χ4n) is 6.36. The first-order chi connectivity index (χ1) is 15.5. The molecular weight excluding hydrogens is 406 g/mol. The molecule has 8 nitrogen and oxygen atoms in total. The van der Waals surface area contributed by atoms with Crippen LogP contribution in [0.2, 0.25) is 0 Å². The van der Waals surface area contributed by atoms with Crippen molar-refractivity contribution in [3.63, 3.8) is 0 Å². The predicted molar refractivity (Wildman–Crippen MR) is 123 cm³/mol. The smallest absolute Gasteiger partial charge is 0.353 e. The van der Waals surface area contributed by atoms with Gasteiger partial charge in [0.05, 0.1) is 11.5 Å². The van der Waals surface area contributed by atoms with Gasteiger partial charge in [0.2, 0.25) is 11.6 Å². The van der Waals surface area contributed by atoms with Crippen molar-refractivity contribution < 1.29 is 9.66 Å². The summed E-state index contributed by atoms with van der Waals surface area (Å²) in [5.41, 5.74) is 0.560. The number of benzene rings is 1. The van der Waals surface area contributed by atoms with Gasteiger partial charge in [-0.25, -0.2) is 9.97 Å². The minimum Gasteiger partial charge on any atom is -0.494 e. The molecule has 2 N–H and O–H groups in total. The third-order valence-corrected chi connectivity index (χ3v) is 7.31. The van der Waals surface area contributed by atoms with Crippen molar-refractivity contribution in [2.45, 2.75) is 63.8 Å². The van der Waals surface area contributed by atoms with E-state index in [-0.39, 0.29) is 22.0 Å². The number of rotatable bonds is 9. The van der Waals surface area contributed by atoms with Gasteiger partial charge in [0.25, 0.3) is 0 Å². The van der Waals surface area contributed by atoms with Gasteiger partial charge in [0, 0.05) is 11.2 Å². The molecule has 2 aromatic rings. The maximum Gasteiger partial charge on any atom is 0.353 e.